The summed E-state index contributed by atoms with van der Waals surface area (Å²) in [6, 6.07) is 8.21. The van der Waals surface area contributed by atoms with E-state index in [4.69, 9.17) is 5.11 Å². The Bertz CT molecular complexity index is 454. The molecule has 0 aliphatic rings. The van der Waals surface area contributed by atoms with Gasteiger partial charge in [-0.3, -0.25) is 9.59 Å². The second-order valence-electron chi connectivity index (χ2n) is 5.66. The van der Waals surface area contributed by atoms with E-state index in [1.165, 1.54) is 11.1 Å². The quantitative estimate of drug-likeness (QED) is 0.735. The molecule has 116 valence electrons. The standard InChI is InChI=1S/C17H25NO3/c1-13-3-6-15(7-4-13)8-9-16(19)18-12-11-14(2)5-10-17(20)21/h3-4,6-7,14H,5,8-12H2,1-2H3,(H,18,19)(H,20,21). The lowest BCUT2D eigenvalue weighted by Gasteiger charge is -2.10. The van der Waals surface area contributed by atoms with Gasteiger partial charge in [0.15, 0.2) is 0 Å². The molecule has 0 fully saturated rings. The van der Waals surface area contributed by atoms with Crippen LogP contribution in [0.2, 0.25) is 0 Å². The van der Waals surface area contributed by atoms with Crippen LogP contribution in [0.1, 0.15) is 43.7 Å². The van der Waals surface area contributed by atoms with Gasteiger partial charge in [-0.1, -0.05) is 36.8 Å². The summed E-state index contributed by atoms with van der Waals surface area (Å²) in [5, 5.41) is 11.5. The largest absolute Gasteiger partial charge is 0.481 e. The lowest BCUT2D eigenvalue weighted by atomic mass is 10.0. The van der Waals surface area contributed by atoms with Crippen molar-refractivity contribution in [3.8, 4) is 0 Å². The minimum Gasteiger partial charge on any atom is -0.481 e. The molecule has 1 aromatic rings. The first-order valence-corrected chi connectivity index (χ1v) is 7.51. The Morgan fingerprint density at radius 3 is 2.43 bits per heavy atom. The number of carbonyl (C=O) groups is 2. The van der Waals surface area contributed by atoms with E-state index in [0.29, 0.717) is 25.3 Å². The van der Waals surface area contributed by atoms with Crippen LogP contribution in [0.25, 0.3) is 0 Å². The van der Waals surface area contributed by atoms with E-state index in [1.54, 1.807) is 0 Å². The van der Waals surface area contributed by atoms with E-state index in [2.05, 4.69) is 29.6 Å². The Balaban J connectivity index is 2.13. The van der Waals surface area contributed by atoms with Gasteiger partial charge in [-0.2, -0.15) is 0 Å². The molecule has 0 aliphatic heterocycles. The van der Waals surface area contributed by atoms with Crippen molar-refractivity contribution in [2.75, 3.05) is 6.54 Å². The maximum absolute atomic E-state index is 11.7. The number of benzene rings is 1. The van der Waals surface area contributed by atoms with Crippen molar-refractivity contribution in [3.05, 3.63) is 35.4 Å². The highest BCUT2D eigenvalue weighted by molar-refractivity contribution is 5.76. The summed E-state index contributed by atoms with van der Waals surface area (Å²) in [6.07, 6.45) is 2.92. The molecule has 0 aromatic heterocycles. The number of aliphatic carboxylic acids is 1. The lowest BCUT2D eigenvalue weighted by Crippen LogP contribution is -2.25. The van der Waals surface area contributed by atoms with E-state index in [1.807, 2.05) is 13.8 Å². The summed E-state index contributed by atoms with van der Waals surface area (Å²) in [4.78, 5) is 22.2. The van der Waals surface area contributed by atoms with Gasteiger partial charge in [0.2, 0.25) is 5.91 Å². The van der Waals surface area contributed by atoms with E-state index < -0.39 is 5.97 Å². The molecule has 0 radical (unpaired) electrons. The van der Waals surface area contributed by atoms with Gasteiger partial charge in [-0.25, -0.2) is 0 Å². The molecule has 1 unspecified atom stereocenters. The Hall–Kier alpha value is -1.84. The summed E-state index contributed by atoms with van der Waals surface area (Å²) in [5.41, 5.74) is 2.39. The molecule has 0 bridgehead atoms. The Morgan fingerprint density at radius 2 is 1.81 bits per heavy atom. The number of amides is 1. The van der Waals surface area contributed by atoms with Gasteiger partial charge in [0.1, 0.15) is 0 Å². The summed E-state index contributed by atoms with van der Waals surface area (Å²) < 4.78 is 0. The van der Waals surface area contributed by atoms with Gasteiger partial charge in [-0.15, -0.1) is 0 Å². The van der Waals surface area contributed by atoms with Crippen LogP contribution in [0.15, 0.2) is 24.3 Å². The minimum atomic E-state index is -0.760. The van der Waals surface area contributed by atoms with E-state index in [-0.39, 0.29) is 12.3 Å². The molecule has 1 aromatic carbocycles. The van der Waals surface area contributed by atoms with Crippen LogP contribution in [0.5, 0.6) is 0 Å². The first kappa shape index (κ1) is 17.2. The third kappa shape index (κ3) is 8.12. The summed E-state index contributed by atoms with van der Waals surface area (Å²) in [6.45, 7) is 4.68. The molecule has 1 amide bonds. The van der Waals surface area contributed by atoms with Crippen LogP contribution in [0.4, 0.5) is 0 Å². The van der Waals surface area contributed by atoms with Crippen LogP contribution in [-0.4, -0.2) is 23.5 Å². The highest BCUT2D eigenvalue weighted by Crippen LogP contribution is 2.09. The molecule has 0 saturated heterocycles. The molecule has 4 heteroatoms. The highest BCUT2D eigenvalue weighted by atomic mass is 16.4. The lowest BCUT2D eigenvalue weighted by molar-refractivity contribution is -0.137. The van der Waals surface area contributed by atoms with Gasteiger partial charge < -0.3 is 10.4 Å². The van der Waals surface area contributed by atoms with E-state index >= 15 is 0 Å². The highest BCUT2D eigenvalue weighted by Gasteiger charge is 2.07. The fraction of sp³-hybridized carbons (Fsp3) is 0.529. The van der Waals surface area contributed by atoms with Crippen LogP contribution in [-0.2, 0) is 16.0 Å². The van der Waals surface area contributed by atoms with Gasteiger partial charge in [0, 0.05) is 19.4 Å². The molecular formula is C17H25NO3. The number of nitrogens with one attached hydrogen (secondary N) is 1. The first-order valence-electron chi connectivity index (χ1n) is 7.51. The summed E-state index contributed by atoms with van der Waals surface area (Å²) in [5.74, 6) is -0.386. The third-order valence-electron chi connectivity index (χ3n) is 3.57. The van der Waals surface area contributed by atoms with Crippen molar-refractivity contribution < 1.29 is 14.7 Å². The fourth-order valence-corrected chi connectivity index (χ4v) is 2.07. The molecule has 0 spiro atoms. The molecule has 0 saturated carbocycles. The Labute approximate surface area is 126 Å². The number of carboxylic acid groups (broad SMARTS) is 1. The van der Waals surface area contributed by atoms with Crippen molar-refractivity contribution in [2.45, 2.75) is 46.0 Å². The first-order chi connectivity index (χ1) is 9.97. The normalized spacial score (nSPS) is 11.9. The van der Waals surface area contributed by atoms with Crippen molar-refractivity contribution in [2.24, 2.45) is 5.92 Å². The molecular weight excluding hydrogens is 266 g/mol. The topological polar surface area (TPSA) is 66.4 Å². The molecule has 2 N–H and O–H groups in total. The third-order valence-corrected chi connectivity index (χ3v) is 3.57. The molecule has 21 heavy (non-hydrogen) atoms. The van der Waals surface area contributed by atoms with Crippen molar-refractivity contribution in [3.63, 3.8) is 0 Å². The molecule has 0 aliphatic carbocycles. The predicted molar refractivity (Wildman–Crippen MR) is 83.2 cm³/mol. The van der Waals surface area contributed by atoms with Gasteiger partial charge in [-0.05, 0) is 37.7 Å². The number of hydrogen-bond acceptors (Lipinski definition) is 2. The number of hydrogen-bond donors (Lipinski definition) is 2. The summed E-state index contributed by atoms with van der Waals surface area (Å²) in [7, 11) is 0. The average molecular weight is 291 g/mol. The van der Waals surface area contributed by atoms with Crippen molar-refractivity contribution >= 4 is 11.9 Å². The van der Waals surface area contributed by atoms with Gasteiger partial charge >= 0.3 is 5.97 Å². The molecule has 1 rings (SSSR count). The predicted octanol–water partition coefficient (Wildman–Crippen LogP) is 2.93. The van der Waals surface area contributed by atoms with Gasteiger partial charge in [0.25, 0.3) is 0 Å². The zero-order valence-electron chi connectivity index (χ0n) is 12.9. The minimum absolute atomic E-state index is 0.0565. The SMILES string of the molecule is Cc1ccc(CCC(=O)NCCC(C)CCC(=O)O)cc1. The number of rotatable bonds is 9. The van der Waals surface area contributed by atoms with Crippen LogP contribution in [0, 0.1) is 12.8 Å². The second kappa shape index (κ2) is 9.16. The summed E-state index contributed by atoms with van der Waals surface area (Å²) >= 11 is 0. The number of aryl methyl sites for hydroxylation is 2. The molecule has 1 atom stereocenters. The van der Waals surface area contributed by atoms with Crippen molar-refractivity contribution in [1.29, 1.82) is 0 Å². The average Bonchev–Trinajstić information content (AvgIpc) is 2.44. The molecule has 4 nitrogen and oxygen atoms in total. The Kier molecular flexibility index (Phi) is 7.51. The fourth-order valence-electron chi connectivity index (χ4n) is 2.07. The van der Waals surface area contributed by atoms with Gasteiger partial charge in [0.05, 0.1) is 0 Å². The molecule has 0 heterocycles. The van der Waals surface area contributed by atoms with Crippen LogP contribution in [0.3, 0.4) is 0 Å². The number of carboxylic acids is 1. The Morgan fingerprint density at radius 1 is 1.14 bits per heavy atom. The maximum Gasteiger partial charge on any atom is 0.303 e. The second-order valence-corrected chi connectivity index (χ2v) is 5.66. The van der Waals surface area contributed by atoms with Crippen LogP contribution < -0.4 is 5.32 Å². The maximum atomic E-state index is 11.7. The smallest absolute Gasteiger partial charge is 0.303 e. The van der Waals surface area contributed by atoms with E-state index in [0.717, 1.165) is 12.8 Å². The monoisotopic (exact) mass is 291 g/mol. The zero-order chi connectivity index (χ0) is 15.7. The van der Waals surface area contributed by atoms with E-state index in [9.17, 15) is 9.59 Å². The number of carbonyl (C=O) groups excluding carboxylic acids is 1. The van der Waals surface area contributed by atoms with Crippen molar-refractivity contribution in [1.82, 2.24) is 5.32 Å². The zero-order valence-corrected chi connectivity index (χ0v) is 12.9. The van der Waals surface area contributed by atoms with Crippen LogP contribution >= 0.6 is 0 Å².